The van der Waals surface area contributed by atoms with Gasteiger partial charge in [0.25, 0.3) is 11.6 Å². The Bertz CT molecular complexity index is 1240. The molecule has 3 aromatic rings. The number of aryl methyl sites for hydroxylation is 1. The van der Waals surface area contributed by atoms with Crippen LogP contribution in [0.4, 0.5) is 28.4 Å². The largest absolute Gasteiger partial charge is 0.398 e. The first-order valence-electron chi connectivity index (χ1n) is 9.96. The van der Waals surface area contributed by atoms with Gasteiger partial charge < -0.3 is 20.9 Å². The lowest BCUT2D eigenvalue weighted by Gasteiger charge is -2.45. The molecule has 2 aliphatic heterocycles. The molecule has 2 aliphatic rings. The lowest BCUT2D eigenvalue weighted by Crippen LogP contribution is -2.46. The van der Waals surface area contributed by atoms with E-state index in [2.05, 4.69) is 40.2 Å². The first-order valence-corrected chi connectivity index (χ1v) is 9.96. The molecule has 0 spiro atoms. The van der Waals surface area contributed by atoms with Crippen LogP contribution < -0.4 is 20.9 Å². The quantitative estimate of drug-likeness (QED) is 0.380. The average molecular weight is 415 g/mol. The van der Waals surface area contributed by atoms with Gasteiger partial charge in [-0.3, -0.25) is 14.9 Å². The molecule has 5 rings (SSSR count). The lowest BCUT2D eigenvalue weighted by atomic mass is 10.00. The number of nitrogens with zero attached hydrogens (tertiary/aromatic N) is 3. The number of amides is 1. The number of nitrogens with two attached hydrogens (primary N) is 1. The molecule has 0 aliphatic carbocycles. The molecule has 1 amide bonds. The van der Waals surface area contributed by atoms with E-state index in [9.17, 15) is 14.9 Å². The second-order valence-electron chi connectivity index (χ2n) is 8.00. The van der Waals surface area contributed by atoms with Crippen LogP contribution in [0.15, 0.2) is 54.6 Å². The van der Waals surface area contributed by atoms with Crippen molar-refractivity contribution in [3.05, 3.63) is 87.0 Å². The first kappa shape index (κ1) is 18.9. The zero-order valence-electron chi connectivity index (χ0n) is 17.0. The second-order valence-corrected chi connectivity index (χ2v) is 8.00. The third-order valence-corrected chi connectivity index (χ3v) is 5.81. The van der Waals surface area contributed by atoms with Crippen molar-refractivity contribution < 1.29 is 9.72 Å². The maximum atomic E-state index is 12.7. The molecular formula is C23H21N5O3. The maximum absolute atomic E-state index is 12.7. The Morgan fingerprint density at radius 1 is 1.00 bits per heavy atom. The minimum Gasteiger partial charge on any atom is -0.398 e. The molecule has 0 atom stereocenters. The molecule has 0 fully saturated rings. The van der Waals surface area contributed by atoms with E-state index in [1.54, 1.807) is 0 Å². The summed E-state index contributed by atoms with van der Waals surface area (Å²) >= 11 is 0. The summed E-state index contributed by atoms with van der Waals surface area (Å²) in [5, 5.41) is 13.9. The number of hydrogen-bond donors (Lipinski definition) is 2. The number of nitrogen functional groups attached to an aromatic ring is 1. The molecule has 156 valence electrons. The van der Waals surface area contributed by atoms with Gasteiger partial charge in [0.1, 0.15) is 0 Å². The number of nitro benzene ring substituents is 1. The van der Waals surface area contributed by atoms with E-state index in [4.69, 9.17) is 5.73 Å². The molecule has 0 saturated heterocycles. The van der Waals surface area contributed by atoms with Crippen LogP contribution in [0, 0.1) is 17.0 Å². The molecule has 3 N–H and O–H groups in total. The van der Waals surface area contributed by atoms with Crippen LogP contribution in [0.25, 0.3) is 0 Å². The van der Waals surface area contributed by atoms with Gasteiger partial charge in [0, 0.05) is 48.0 Å². The molecule has 31 heavy (non-hydrogen) atoms. The molecule has 0 radical (unpaired) electrons. The van der Waals surface area contributed by atoms with Gasteiger partial charge in [-0.2, -0.15) is 0 Å². The van der Waals surface area contributed by atoms with Gasteiger partial charge in [-0.15, -0.1) is 0 Å². The summed E-state index contributed by atoms with van der Waals surface area (Å²) < 4.78 is 0. The van der Waals surface area contributed by atoms with E-state index >= 15 is 0 Å². The predicted octanol–water partition coefficient (Wildman–Crippen LogP) is 4.04. The lowest BCUT2D eigenvalue weighted by molar-refractivity contribution is -0.384. The highest BCUT2D eigenvalue weighted by atomic mass is 16.6. The molecule has 2 heterocycles. The van der Waals surface area contributed by atoms with Crippen molar-refractivity contribution >= 4 is 34.3 Å². The summed E-state index contributed by atoms with van der Waals surface area (Å²) in [5.41, 5.74) is 12.7. The second kappa shape index (κ2) is 7.02. The van der Waals surface area contributed by atoms with Gasteiger partial charge in [-0.25, -0.2) is 0 Å². The van der Waals surface area contributed by atoms with E-state index in [0.29, 0.717) is 5.69 Å². The highest BCUT2D eigenvalue weighted by Gasteiger charge is 2.29. The van der Waals surface area contributed by atoms with Crippen molar-refractivity contribution in [2.24, 2.45) is 0 Å². The van der Waals surface area contributed by atoms with Gasteiger partial charge in [0.15, 0.2) is 0 Å². The van der Waals surface area contributed by atoms with E-state index in [1.807, 2.05) is 18.2 Å². The number of rotatable bonds is 3. The first-order chi connectivity index (χ1) is 14.9. The Morgan fingerprint density at radius 2 is 1.68 bits per heavy atom. The SMILES string of the molecule is Cc1ccc2c(c1)CN1CN2Cc2cc(NC(=O)c3cc([N+](=O)[O-])ccc3N)ccc21. The minimum absolute atomic E-state index is 0.0839. The van der Waals surface area contributed by atoms with Gasteiger partial charge >= 0.3 is 0 Å². The van der Waals surface area contributed by atoms with E-state index in [1.165, 1.54) is 35.0 Å². The van der Waals surface area contributed by atoms with Crippen molar-refractivity contribution in [1.82, 2.24) is 0 Å². The summed E-state index contributed by atoms with van der Waals surface area (Å²) in [6.45, 7) is 4.52. The van der Waals surface area contributed by atoms with Gasteiger partial charge in [-0.1, -0.05) is 17.7 Å². The molecular weight excluding hydrogens is 394 g/mol. The van der Waals surface area contributed by atoms with Gasteiger partial charge in [0.05, 0.1) is 17.2 Å². The van der Waals surface area contributed by atoms with E-state index in [-0.39, 0.29) is 16.9 Å². The van der Waals surface area contributed by atoms with Crippen LogP contribution in [0.3, 0.4) is 0 Å². The van der Waals surface area contributed by atoms with E-state index in [0.717, 1.165) is 31.0 Å². The van der Waals surface area contributed by atoms with Crippen LogP contribution in [-0.2, 0) is 13.1 Å². The van der Waals surface area contributed by atoms with Gasteiger partial charge in [0.2, 0.25) is 0 Å². The molecule has 0 unspecified atom stereocenters. The Kier molecular flexibility index (Phi) is 4.28. The fourth-order valence-electron chi connectivity index (χ4n) is 4.34. The number of carbonyl (C=O) groups is 1. The van der Waals surface area contributed by atoms with Crippen molar-refractivity contribution in [3.63, 3.8) is 0 Å². The van der Waals surface area contributed by atoms with Gasteiger partial charge in [-0.05, 0) is 48.4 Å². The number of hydrogen-bond acceptors (Lipinski definition) is 6. The third kappa shape index (κ3) is 3.31. The number of nitrogens with one attached hydrogen (secondary N) is 1. The topological polar surface area (TPSA) is 105 Å². The van der Waals surface area contributed by atoms with Crippen LogP contribution in [-0.4, -0.2) is 17.5 Å². The highest BCUT2D eigenvalue weighted by Crippen LogP contribution is 2.39. The number of anilines is 4. The monoisotopic (exact) mass is 415 g/mol. The summed E-state index contributed by atoms with van der Waals surface area (Å²) in [6.07, 6.45) is 0. The summed E-state index contributed by atoms with van der Waals surface area (Å²) in [4.78, 5) is 27.9. The number of carbonyl (C=O) groups excluding carboxylic acids is 1. The molecule has 0 saturated carbocycles. The van der Waals surface area contributed by atoms with Crippen molar-refractivity contribution in [1.29, 1.82) is 0 Å². The zero-order valence-corrected chi connectivity index (χ0v) is 17.0. The third-order valence-electron chi connectivity index (χ3n) is 5.81. The fraction of sp³-hybridized carbons (Fsp3) is 0.174. The Balaban J connectivity index is 1.41. The van der Waals surface area contributed by atoms with Crippen LogP contribution in [0.1, 0.15) is 27.0 Å². The standard InChI is InChI=1S/C23H21N5O3/c1-14-2-6-21-15(8-14)11-26-13-27(21)12-16-9-17(3-7-22(16)26)25-23(29)19-10-18(28(30)31)4-5-20(19)24/h2-10H,11-13,24H2,1H3,(H,25,29). The van der Waals surface area contributed by atoms with E-state index < -0.39 is 10.8 Å². The maximum Gasteiger partial charge on any atom is 0.270 e. The summed E-state index contributed by atoms with van der Waals surface area (Å²) in [5.74, 6) is -0.474. The van der Waals surface area contributed by atoms with Crippen molar-refractivity contribution in [2.75, 3.05) is 27.5 Å². The predicted molar refractivity (Wildman–Crippen MR) is 120 cm³/mol. The average Bonchev–Trinajstić information content (AvgIpc) is 2.73. The molecule has 2 bridgehead atoms. The van der Waals surface area contributed by atoms with Crippen LogP contribution in [0.5, 0.6) is 0 Å². The number of fused-ring (bicyclic) bond motifs is 6. The Morgan fingerprint density at radius 3 is 2.39 bits per heavy atom. The van der Waals surface area contributed by atoms with Crippen molar-refractivity contribution in [2.45, 2.75) is 20.0 Å². The molecule has 8 nitrogen and oxygen atoms in total. The smallest absolute Gasteiger partial charge is 0.270 e. The highest BCUT2D eigenvalue weighted by molar-refractivity contribution is 6.08. The van der Waals surface area contributed by atoms with Crippen molar-refractivity contribution in [3.8, 4) is 0 Å². The normalized spacial score (nSPS) is 14.0. The molecule has 8 heteroatoms. The summed E-state index contributed by atoms with van der Waals surface area (Å²) in [7, 11) is 0. The number of non-ortho nitro benzene ring substituents is 1. The minimum atomic E-state index is -0.546. The Hall–Kier alpha value is -4.07. The fourth-order valence-corrected chi connectivity index (χ4v) is 4.34. The Labute approximate surface area is 179 Å². The van der Waals surface area contributed by atoms with Crippen LogP contribution >= 0.6 is 0 Å². The zero-order chi connectivity index (χ0) is 21.7. The molecule has 0 aromatic heterocycles. The number of nitro groups is 1. The molecule has 3 aromatic carbocycles. The number of benzene rings is 3. The van der Waals surface area contributed by atoms with Crippen LogP contribution in [0.2, 0.25) is 0 Å². The summed E-state index contributed by atoms with van der Waals surface area (Å²) in [6, 6.07) is 16.2.